The van der Waals surface area contributed by atoms with E-state index in [-0.39, 0.29) is 17.6 Å². The Morgan fingerprint density at radius 1 is 1.38 bits per heavy atom. The maximum absolute atomic E-state index is 12.2. The van der Waals surface area contributed by atoms with E-state index in [4.69, 9.17) is 4.74 Å². The Morgan fingerprint density at radius 3 is 2.57 bits per heavy atom. The second kappa shape index (κ2) is 6.13. The van der Waals surface area contributed by atoms with Crippen molar-refractivity contribution in [3.05, 3.63) is 0 Å². The van der Waals surface area contributed by atoms with Gasteiger partial charge in [0.2, 0.25) is 0 Å². The summed E-state index contributed by atoms with van der Waals surface area (Å²) in [6.07, 6.45) is 2.52. The summed E-state index contributed by atoms with van der Waals surface area (Å²) >= 11 is 0. The van der Waals surface area contributed by atoms with Crippen LogP contribution in [0.4, 0.5) is 4.79 Å². The first kappa shape index (κ1) is 16.6. The molecule has 0 aliphatic carbocycles. The van der Waals surface area contributed by atoms with Gasteiger partial charge in [0.05, 0.1) is 11.7 Å². The predicted octanol–water partition coefficient (Wildman–Crippen LogP) is 1.99. The highest BCUT2D eigenvalue weighted by atomic mass is 16.5. The molecule has 5 heteroatoms. The zero-order valence-electron chi connectivity index (χ0n) is 13.8. The van der Waals surface area contributed by atoms with Crippen molar-refractivity contribution in [1.29, 1.82) is 0 Å². The van der Waals surface area contributed by atoms with E-state index in [0.717, 1.165) is 13.0 Å². The number of amides is 2. The number of nitrogens with one attached hydrogen (secondary N) is 1. The lowest BCUT2D eigenvalue weighted by Gasteiger charge is -2.36. The molecule has 2 N–H and O–H groups in total. The Morgan fingerprint density at radius 2 is 2.00 bits per heavy atom. The topological polar surface area (TPSA) is 61.8 Å². The summed E-state index contributed by atoms with van der Waals surface area (Å²) in [7, 11) is 0. The molecule has 0 saturated carbocycles. The van der Waals surface area contributed by atoms with Crippen LogP contribution in [0.15, 0.2) is 0 Å². The summed E-state index contributed by atoms with van der Waals surface area (Å²) in [5, 5.41) is 13.0. The third-order valence-corrected chi connectivity index (χ3v) is 4.71. The van der Waals surface area contributed by atoms with E-state index in [0.29, 0.717) is 38.4 Å². The molecule has 2 aliphatic heterocycles. The van der Waals surface area contributed by atoms with Gasteiger partial charge in [-0.05, 0) is 31.6 Å². The molecule has 2 saturated heterocycles. The predicted molar refractivity (Wildman–Crippen MR) is 82.1 cm³/mol. The molecule has 0 unspecified atom stereocenters. The number of ether oxygens (including phenoxy) is 1. The third-order valence-electron chi connectivity index (χ3n) is 4.71. The number of hydrogen-bond acceptors (Lipinski definition) is 3. The minimum absolute atomic E-state index is 0.00920. The van der Waals surface area contributed by atoms with Gasteiger partial charge in [-0.15, -0.1) is 0 Å². The summed E-state index contributed by atoms with van der Waals surface area (Å²) in [6, 6.07) is -0.00920. The zero-order chi connectivity index (χ0) is 15.7. The minimum Gasteiger partial charge on any atom is -0.390 e. The molecule has 0 spiro atoms. The molecule has 2 atom stereocenters. The number of aliphatic hydroxyl groups is 1. The van der Waals surface area contributed by atoms with Crippen molar-refractivity contribution in [2.45, 2.75) is 58.7 Å². The first-order valence-electron chi connectivity index (χ1n) is 8.06. The van der Waals surface area contributed by atoms with Gasteiger partial charge in [0, 0.05) is 32.2 Å². The van der Waals surface area contributed by atoms with E-state index in [1.54, 1.807) is 4.90 Å². The van der Waals surface area contributed by atoms with Crippen LogP contribution in [-0.2, 0) is 4.74 Å². The fraction of sp³-hybridized carbons (Fsp3) is 0.938. The number of urea groups is 1. The Balaban J connectivity index is 1.79. The van der Waals surface area contributed by atoms with Gasteiger partial charge in [-0.25, -0.2) is 4.79 Å². The van der Waals surface area contributed by atoms with Crippen LogP contribution in [0.25, 0.3) is 0 Å². The lowest BCUT2D eigenvalue weighted by atomic mass is 9.81. The molecular formula is C16H30N2O3. The molecule has 2 rings (SSSR count). The summed E-state index contributed by atoms with van der Waals surface area (Å²) in [5.41, 5.74) is -0.511. The second-order valence-corrected chi connectivity index (χ2v) is 7.88. The molecule has 2 fully saturated rings. The van der Waals surface area contributed by atoms with Crippen molar-refractivity contribution in [1.82, 2.24) is 10.2 Å². The van der Waals surface area contributed by atoms with Crippen LogP contribution in [0, 0.1) is 11.3 Å². The van der Waals surface area contributed by atoms with Crippen molar-refractivity contribution in [2.24, 2.45) is 11.3 Å². The molecule has 122 valence electrons. The van der Waals surface area contributed by atoms with E-state index in [9.17, 15) is 9.90 Å². The van der Waals surface area contributed by atoms with E-state index in [2.05, 4.69) is 26.1 Å². The summed E-state index contributed by atoms with van der Waals surface area (Å²) < 4.78 is 5.84. The number of carbonyl (C=O) groups is 1. The van der Waals surface area contributed by atoms with Crippen LogP contribution in [0.5, 0.6) is 0 Å². The molecule has 2 amide bonds. The van der Waals surface area contributed by atoms with Crippen LogP contribution in [0.1, 0.15) is 47.0 Å². The van der Waals surface area contributed by atoms with Crippen molar-refractivity contribution >= 4 is 6.03 Å². The highest BCUT2D eigenvalue weighted by Gasteiger charge is 2.37. The molecule has 0 aromatic heterocycles. The van der Waals surface area contributed by atoms with Crippen molar-refractivity contribution in [3.8, 4) is 0 Å². The lowest BCUT2D eigenvalue weighted by molar-refractivity contribution is 0.00189. The summed E-state index contributed by atoms with van der Waals surface area (Å²) in [5.74, 6) is 0.391. The van der Waals surface area contributed by atoms with Gasteiger partial charge in [-0.2, -0.15) is 0 Å². The molecular weight excluding hydrogens is 268 g/mol. The highest BCUT2D eigenvalue weighted by Crippen LogP contribution is 2.34. The Kier molecular flexibility index (Phi) is 4.83. The fourth-order valence-electron chi connectivity index (χ4n) is 3.32. The fourth-order valence-corrected chi connectivity index (χ4v) is 3.32. The number of rotatable bonds is 2. The van der Waals surface area contributed by atoms with E-state index >= 15 is 0 Å². The molecule has 0 aromatic rings. The van der Waals surface area contributed by atoms with Gasteiger partial charge >= 0.3 is 6.03 Å². The van der Waals surface area contributed by atoms with Gasteiger partial charge in [-0.3, -0.25) is 0 Å². The van der Waals surface area contributed by atoms with Crippen molar-refractivity contribution < 1.29 is 14.6 Å². The van der Waals surface area contributed by atoms with Crippen LogP contribution in [-0.4, -0.2) is 54.0 Å². The molecule has 0 radical (unpaired) electrons. The first-order chi connectivity index (χ1) is 9.69. The monoisotopic (exact) mass is 298 g/mol. The SMILES string of the molecule is CC1(O)CCN(C(=O)NC[C@H]2CCO[C@@H]2C(C)(C)C)CC1. The minimum atomic E-state index is -0.618. The smallest absolute Gasteiger partial charge is 0.317 e. The number of hydrogen-bond donors (Lipinski definition) is 2. The summed E-state index contributed by atoms with van der Waals surface area (Å²) in [6.45, 7) is 11.1. The Hall–Kier alpha value is -0.810. The van der Waals surface area contributed by atoms with Crippen LogP contribution < -0.4 is 5.32 Å². The lowest BCUT2D eigenvalue weighted by Crippen LogP contribution is -2.50. The molecule has 2 aliphatic rings. The maximum atomic E-state index is 12.2. The van der Waals surface area contributed by atoms with Crippen LogP contribution in [0.2, 0.25) is 0 Å². The average Bonchev–Trinajstić information content (AvgIpc) is 2.84. The van der Waals surface area contributed by atoms with Crippen molar-refractivity contribution in [3.63, 3.8) is 0 Å². The highest BCUT2D eigenvalue weighted by molar-refractivity contribution is 5.74. The number of nitrogens with zero attached hydrogens (tertiary/aromatic N) is 1. The third kappa shape index (κ3) is 4.33. The largest absolute Gasteiger partial charge is 0.390 e. The van der Waals surface area contributed by atoms with Crippen molar-refractivity contribution in [2.75, 3.05) is 26.2 Å². The normalized spacial score (nSPS) is 29.5. The quantitative estimate of drug-likeness (QED) is 0.819. The van der Waals surface area contributed by atoms with Gasteiger partial charge < -0.3 is 20.1 Å². The Bertz CT molecular complexity index is 366. The van der Waals surface area contributed by atoms with E-state index in [1.807, 2.05) is 6.92 Å². The summed E-state index contributed by atoms with van der Waals surface area (Å²) in [4.78, 5) is 14.0. The van der Waals surface area contributed by atoms with Crippen LogP contribution in [0.3, 0.4) is 0 Å². The van der Waals surface area contributed by atoms with Gasteiger partial charge in [-0.1, -0.05) is 20.8 Å². The Labute approximate surface area is 128 Å². The molecule has 0 aromatic carbocycles. The molecule has 2 heterocycles. The number of piperidine rings is 1. The molecule has 21 heavy (non-hydrogen) atoms. The molecule has 5 nitrogen and oxygen atoms in total. The van der Waals surface area contributed by atoms with E-state index in [1.165, 1.54) is 0 Å². The van der Waals surface area contributed by atoms with E-state index < -0.39 is 5.60 Å². The van der Waals surface area contributed by atoms with Gasteiger partial charge in [0.1, 0.15) is 0 Å². The number of likely N-dealkylation sites (tertiary alicyclic amines) is 1. The standard InChI is InChI=1S/C16H30N2O3/c1-15(2,3)13-12(5-10-21-13)11-17-14(19)18-8-6-16(4,20)7-9-18/h12-13,20H,5-11H2,1-4H3,(H,17,19)/t12-,13+/m1/s1. The molecule has 0 bridgehead atoms. The van der Waals surface area contributed by atoms with Gasteiger partial charge in [0.15, 0.2) is 0 Å². The zero-order valence-corrected chi connectivity index (χ0v) is 13.8. The van der Waals surface area contributed by atoms with Crippen LogP contribution >= 0.6 is 0 Å². The van der Waals surface area contributed by atoms with Gasteiger partial charge in [0.25, 0.3) is 0 Å². The maximum Gasteiger partial charge on any atom is 0.317 e. The average molecular weight is 298 g/mol. The second-order valence-electron chi connectivity index (χ2n) is 7.88. The number of carbonyl (C=O) groups excluding carboxylic acids is 1. The first-order valence-corrected chi connectivity index (χ1v) is 8.06.